The van der Waals surface area contributed by atoms with Crippen molar-refractivity contribution < 1.29 is 0 Å². The monoisotopic (exact) mass is 192 g/mol. The van der Waals surface area contributed by atoms with E-state index >= 15 is 0 Å². The molecule has 2 heteroatoms. The molecule has 0 aliphatic rings. The maximum absolute atomic E-state index is 5.81. The van der Waals surface area contributed by atoms with Gasteiger partial charge in [0, 0.05) is 12.6 Å². The molecule has 0 aromatic heterocycles. The molecule has 0 fully saturated rings. The maximum atomic E-state index is 5.81. The summed E-state index contributed by atoms with van der Waals surface area (Å²) in [6, 6.07) is 8.75. The lowest BCUT2D eigenvalue weighted by Crippen LogP contribution is -2.20. The predicted octanol–water partition coefficient (Wildman–Crippen LogP) is 1.64. The van der Waals surface area contributed by atoms with Crippen LogP contribution in [0.4, 0.5) is 0 Å². The van der Waals surface area contributed by atoms with E-state index in [2.05, 4.69) is 43.3 Å². The van der Waals surface area contributed by atoms with E-state index in [0.29, 0.717) is 0 Å². The Morgan fingerprint density at radius 3 is 2.29 bits per heavy atom. The fourth-order valence-electron chi connectivity index (χ4n) is 1.60. The Balaban J connectivity index is 2.80. The number of nitrogens with two attached hydrogens (primary N) is 1. The van der Waals surface area contributed by atoms with E-state index in [1.165, 1.54) is 11.1 Å². The lowest BCUT2D eigenvalue weighted by molar-refractivity contribution is 0.400. The molecular formula is C12H20N2. The highest BCUT2D eigenvalue weighted by molar-refractivity contribution is 5.27. The lowest BCUT2D eigenvalue weighted by atomic mass is 10.0. The van der Waals surface area contributed by atoms with Gasteiger partial charge in [-0.25, -0.2) is 0 Å². The lowest BCUT2D eigenvalue weighted by Gasteiger charge is -2.15. The van der Waals surface area contributed by atoms with Gasteiger partial charge in [-0.05, 0) is 38.6 Å². The minimum Gasteiger partial charge on any atom is -0.328 e. The van der Waals surface area contributed by atoms with Crippen molar-refractivity contribution in [3.8, 4) is 0 Å². The van der Waals surface area contributed by atoms with Gasteiger partial charge in [-0.1, -0.05) is 24.3 Å². The Labute approximate surface area is 86.7 Å². The van der Waals surface area contributed by atoms with Gasteiger partial charge < -0.3 is 10.6 Å². The second-order valence-corrected chi connectivity index (χ2v) is 4.19. The first kappa shape index (κ1) is 11.2. The molecule has 1 aromatic rings. The zero-order valence-corrected chi connectivity index (χ0v) is 9.33. The zero-order chi connectivity index (χ0) is 10.6. The number of hydrogen-bond acceptors (Lipinski definition) is 2. The molecule has 0 saturated carbocycles. The van der Waals surface area contributed by atoms with Gasteiger partial charge >= 0.3 is 0 Å². The number of hydrogen-bond donors (Lipinski definition) is 1. The second-order valence-electron chi connectivity index (χ2n) is 4.19. The summed E-state index contributed by atoms with van der Waals surface area (Å²) in [7, 11) is 4.17. The van der Waals surface area contributed by atoms with Crippen molar-refractivity contribution in [1.82, 2.24) is 4.90 Å². The van der Waals surface area contributed by atoms with Crippen LogP contribution in [0.2, 0.25) is 0 Å². The molecule has 0 heterocycles. The largest absolute Gasteiger partial charge is 0.328 e. The van der Waals surface area contributed by atoms with Crippen LogP contribution in [0.25, 0.3) is 0 Å². The molecular weight excluding hydrogens is 172 g/mol. The molecule has 1 aromatic carbocycles. The van der Waals surface area contributed by atoms with E-state index in [4.69, 9.17) is 5.73 Å². The third-order valence-corrected chi connectivity index (χ3v) is 2.15. The Bertz CT molecular complexity index is 250. The highest BCUT2D eigenvalue weighted by Gasteiger charge is 2.04. The molecule has 1 rings (SSSR count). The smallest absolute Gasteiger partial charge is 0.0230 e. The van der Waals surface area contributed by atoms with E-state index in [1.807, 2.05) is 6.92 Å². The summed E-state index contributed by atoms with van der Waals surface area (Å²) >= 11 is 0. The van der Waals surface area contributed by atoms with Gasteiger partial charge in [0.2, 0.25) is 0 Å². The van der Waals surface area contributed by atoms with Gasteiger partial charge in [-0.2, -0.15) is 0 Å². The van der Waals surface area contributed by atoms with Crippen LogP contribution in [0.5, 0.6) is 0 Å². The maximum Gasteiger partial charge on any atom is 0.0230 e. The average Bonchev–Trinajstić information content (AvgIpc) is 2.06. The molecule has 0 aliphatic carbocycles. The highest BCUT2D eigenvalue weighted by atomic mass is 15.0. The van der Waals surface area contributed by atoms with Gasteiger partial charge in [0.15, 0.2) is 0 Å². The summed E-state index contributed by atoms with van der Waals surface area (Å²) in [5.41, 5.74) is 8.57. The van der Waals surface area contributed by atoms with Crippen LogP contribution >= 0.6 is 0 Å². The summed E-state index contributed by atoms with van der Waals surface area (Å²) in [4.78, 5) is 2.18. The Morgan fingerprint density at radius 1 is 1.21 bits per heavy atom. The summed E-state index contributed by atoms with van der Waals surface area (Å²) in [6.45, 7) is 3.04. The van der Waals surface area contributed by atoms with E-state index in [-0.39, 0.29) is 6.04 Å². The molecule has 2 nitrogen and oxygen atoms in total. The Hall–Kier alpha value is -0.860. The minimum atomic E-state index is 0.235. The van der Waals surface area contributed by atoms with Gasteiger partial charge in [-0.15, -0.1) is 0 Å². The van der Waals surface area contributed by atoms with E-state index in [0.717, 1.165) is 13.0 Å². The fourth-order valence-corrected chi connectivity index (χ4v) is 1.60. The van der Waals surface area contributed by atoms with Crippen LogP contribution in [-0.2, 0) is 13.0 Å². The molecule has 1 unspecified atom stereocenters. The first-order valence-corrected chi connectivity index (χ1v) is 5.06. The normalized spacial score (nSPS) is 13.2. The topological polar surface area (TPSA) is 29.3 Å². The van der Waals surface area contributed by atoms with Crippen molar-refractivity contribution in [2.24, 2.45) is 5.73 Å². The Kier molecular flexibility index (Phi) is 4.11. The molecule has 0 saturated heterocycles. The predicted molar refractivity (Wildman–Crippen MR) is 61.2 cm³/mol. The molecule has 0 radical (unpaired) electrons. The van der Waals surface area contributed by atoms with Crippen LogP contribution in [0, 0.1) is 0 Å². The van der Waals surface area contributed by atoms with Crippen molar-refractivity contribution in [1.29, 1.82) is 0 Å². The molecule has 0 spiro atoms. The molecule has 0 aliphatic heterocycles. The standard InChI is InChI=1S/C12H20N2/c1-10(13)8-11-6-4-5-7-12(11)9-14(2)3/h4-7,10H,8-9,13H2,1-3H3. The number of nitrogens with zero attached hydrogens (tertiary/aromatic N) is 1. The molecule has 0 bridgehead atoms. The zero-order valence-electron chi connectivity index (χ0n) is 9.33. The third-order valence-electron chi connectivity index (χ3n) is 2.15. The first-order valence-electron chi connectivity index (χ1n) is 5.06. The first-order chi connectivity index (χ1) is 6.59. The van der Waals surface area contributed by atoms with Crippen molar-refractivity contribution in [2.75, 3.05) is 14.1 Å². The third kappa shape index (κ3) is 3.48. The van der Waals surface area contributed by atoms with E-state index in [9.17, 15) is 0 Å². The summed E-state index contributed by atoms with van der Waals surface area (Å²) in [6.07, 6.45) is 0.962. The fraction of sp³-hybridized carbons (Fsp3) is 0.500. The van der Waals surface area contributed by atoms with Crippen LogP contribution in [-0.4, -0.2) is 25.0 Å². The van der Waals surface area contributed by atoms with Crippen LogP contribution < -0.4 is 5.73 Å². The highest BCUT2D eigenvalue weighted by Crippen LogP contribution is 2.12. The van der Waals surface area contributed by atoms with Crippen molar-refractivity contribution in [3.05, 3.63) is 35.4 Å². The van der Waals surface area contributed by atoms with E-state index in [1.54, 1.807) is 0 Å². The van der Waals surface area contributed by atoms with E-state index < -0.39 is 0 Å². The van der Waals surface area contributed by atoms with Crippen LogP contribution in [0.3, 0.4) is 0 Å². The molecule has 2 N–H and O–H groups in total. The summed E-state index contributed by atoms with van der Waals surface area (Å²) in [5.74, 6) is 0. The van der Waals surface area contributed by atoms with Crippen LogP contribution in [0.15, 0.2) is 24.3 Å². The summed E-state index contributed by atoms with van der Waals surface area (Å²) < 4.78 is 0. The molecule has 1 atom stereocenters. The van der Waals surface area contributed by atoms with Crippen molar-refractivity contribution in [3.63, 3.8) is 0 Å². The molecule has 78 valence electrons. The Morgan fingerprint density at radius 2 is 1.79 bits per heavy atom. The minimum absolute atomic E-state index is 0.235. The summed E-state index contributed by atoms with van der Waals surface area (Å²) in [5, 5.41) is 0. The van der Waals surface area contributed by atoms with Crippen LogP contribution in [0.1, 0.15) is 18.1 Å². The number of benzene rings is 1. The number of rotatable bonds is 4. The van der Waals surface area contributed by atoms with Gasteiger partial charge in [0.25, 0.3) is 0 Å². The van der Waals surface area contributed by atoms with Crippen molar-refractivity contribution >= 4 is 0 Å². The molecule has 14 heavy (non-hydrogen) atoms. The molecule has 0 amide bonds. The van der Waals surface area contributed by atoms with Gasteiger partial charge in [0.1, 0.15) is 0 Å². The average molecular weight is 192 g/mol. The van der Waals surface area contributed by atoms with Gasteiger partial charge in [-0.3, -0.25) is 0 Å². The quantitative estimate of drug-likeness (QED) is 0.785. The SMILES string of the molecule is CC(N)Cc1ccccc1CN(C)C. The van der Waals surface area contributed by atoms with Gasteiger partial charge in [0.05, 0.1) is 0 Å². The van der Waals surface area contributed by atoms with Crippen molar-refractivity contribution in [2.45, 2.75) is 25.9 Å². The second kappa shape index (κ2) is 5.13.